The van der Waals surface area contributed by atoms with Crippen LogP contribution in [0.15, 0.2) is 54.6 Å². The smallest absolute Gasteiger partial charge is 0.321 e. The van der Waals surface area contributed by atoms with Gasteiger partial charge in [0, 0.05) is 6.26 Å². The summed E-state index contributed by atoms with van der Waals surface area (Å²) >= 11 is 0. The van der Waals surface area contributed by atoms with Crippen LogP contribution in [-0.4, -0.2) is 31.0 Å². The summed E-state index contributed by atoms with van der Waals surface area (Å²) < 4.78 is 23.1. The summed E-state index contributed by atoms with van der Waals surface area (Å²) in [5.41, 5.74) is 2.98. The van der Waals surface area contributed by atoms with Crippen LogP contribution in [-0.2, 0) is 21.1 Å². The van der Waals surface area contributed by atoms with Crippen molar-refractivity contribution in [3.8, 4) is 11.1 Å². The summed E-state index contributed by atoms with van der Waals surface area (Å²) in [5.74, 6) is -1.29. The highest BCUT2D eigenvalue weighted by Crippen LogP contribution is 2.25. The molecule has 1 N–H and O–H groups in total. The fourth-order valence-corrected chi connectivity index (χ4v) is 3.36. The molecule has 0 radical (unpaired) electrons. The van der Waals surface area contributed by atoms with Gasteiger partial charge in [-0.1, -0.05) is 54.6 Å². The lowest BCUT2D eigenvalue weighted by Crippen LogP contribution is -2.29. The molecule has 0 aliphatic rings. The molecule has 0 aliphatic carbocycles. The molecule has 0 amide bonds. The second-order valence-electron chi connectivity index (χ2n) is 5.22. The maximum atomic E-state index is 11.6. The molecule has 0 heterocycles. The highest BCUT2D eigenvalue weighted by Gasteiger charge is 2.28. The highest BCUT2D eigenvalue weighted by atomic mass is 32.2. The quantitative estimate of drug-likeness (QED) is 0.889. The third-order valence-corrected chi connectivity index (χ3v) is 5.04. The average Bonchev–Trinajstić information content (AvgIpc) is 2.47. The minimum Gasteiger partial charge on any atom is -0.480 e. The van der Waals surface area contributed by atoms with E-state index in [4.69, 9.17) is 5.11 Å². The first-order chi connectivity index (χ1) is 10.4. The Morgan fingerprint density at radius 1 is 1.05 bits per heavy atom. The Morgan fingerprint density at radius 3 is 2.23 bits per heavy atom. The zero-order valence-corrected chi connectivity index (χ0v) is 13.1. The van der Waals surface area contributed by atoms with Gasteiger partial charge in [0.05, 0.1) is 0 Å². The second kappa shape index (κ2) is 6.75. The Balaban J connectivity index is 2.26. The molecule has 0 fully saturated rings. The monoisotopic (exact) mass is 318 g/mol. The van der Waals surface area contributed by atoms with Gasteiger partial charge in [0.1, 0.15) is 0 Å². The number of sulfone groups is 1. The molecule has 5 heteroatoms. The number of hydrogen-bond donors (Lipinski definition) is 1. The van der Waals surface area contributed by atoms with Crippen molar-refractivity contribution in [1.29, 1.82) is 0 Å². The van der Waals surface area contributed by atoms with E-state index < -0.39 is 21.1 Å². The van der Waals surface area contributed by atoms with Crippen molar-refractivity contribution >= 4 is 15.8 Å². The van der Waals surface area contributed by atoms with Gasteiger partial charge in [-0.05, 0) is 29.5 Å². The van der Waals surface area contributed by atoms with Gasteiger partial charge in [-0.25, -0.2) is 8.42 Å². The third kappa shape index (κ3) is 3.95. The van der Waals surface area contributed by atoms with Crippen LogP contribution in [0.4, 0.5) is 0 Å². The lowest BCUT2D eigenvalue weighted by molar-refractivity contribution is -0.136. The molecular weight excluding hydrogens is 300 g/mol. The summed E-state index contributed by atoms with van der Waals surface area (Å²) in [6, 6.07) is 17.4. The van der Waals surface area contributed by atoms with E-state index >= 15 is 0 Å². The summed E-state index contributed by atoms with van der Waals surface area (Å²) in [5, 5.41) is 7.73. The predicted octanol–water partition coefficient (Wildman–Crippen LogP) is 2.78. The summed E-state index contributed by atoms with van der Waals surface area (Å²) in [4.78, 5) is 11.1. The first-order valence-electron chi connectivity index (χ1n) is 6.94. The molecule has 1 atom stereocenters. The Labute approximate surface area is 130 Å². The molecule has 2 rings (SSSR count). The van der Waals surface area contributed by atoms with Gasteiger partial charge < -0.3 is 5.11 Å². The van der Waals surface area contributed by atoms with Crippen LogP contribution in [0.25, 0.3) is 11.1 Å². The fourth-order valence-electron chi connectivity index (χ4n) is 2.44. The van der Waals surface area contributed by atoms with Crippen LogP contribution in [0.2, 0.25) is 0 Å². The number of hydrogen-bond acceptors (Lipinski definition) is 3. The van der Waals surface area contributed by atoms with Crippen molar-refractivity contribution in [2.75, 3.05) is 6.26 Å². The minimum atomic E-state index is -3.61. The lowest BCUT2D eigenvalue weighted by atomic mass is 9.96. The van der Waals surface area contributed by atoms with Crippen molar-refractivity contribution < 1.29 is 18.3 Å². The molecule has 2 aromatic rings. The second-order valence-corrected chi connectivity index (χ2v) is 7.45. The minimum absolute atomic E-state index is 0.0675. The molecule has 0 aromatic heterocycles. The zero-order chi connectivity index (χ0) is 16.2. The van der Waals surface area contributed by atoms with Crippen molar-refractivity contribution in [3.05, 3.63) is 60.2 Å². The summed E-state index contributed by atoms with van der Waals surface area (Å²) in [7, 11) is -3.61. The molecule has 1 unspecified atom stereocenters. The molecule has 2 aromatic carbocycles. The molecule has 0 saturated heterocycles. The highest BCUT2D eigenvalue weighted by molar-refractivity contribution is 7.92. The van der Waals surface area contributed by atoms with Crippen molar-refractivity contribution in [1.82, 2.24) is 0 Å². The third-order valence-electron chi connectivity index (χ3n) is 3.57. The Hall–Kier alpha value is -2.14. The van der Waals surface area contributed by atoms with E-state index in [-0.39, 0.29) is 6.42 Å². The molecule has 0 saturated carbocycles. The van der Waals surface area contributed by atoms with Crippen LogP contribution in [0.5, 0.6) is 0 Å². The normalized spacial score (nSPS) is 12.8. The molecule has 0 aliphatic heterocycles. The maximum Gasteiger partial charge on any atom is 0.321 e. The topological polar surface area (TPSA) is 71.4 Å². The Kier molecular flexibility index (Phi) is 4.98. The van der Waals surface area contributed by atoms with Crippen molar-refractivity contribution in [2.45, 2.75) is 18.1 Å². The SMILES string of the molecule is CS(=O)(=O)C(CCc1ccccc1-c1ccccc1)C(=O)O. The molecule has 116 valence electrons. The molecule has 4 nitrogen and oxygen atoms in total. The summed E-state index contributed by atoms with van der Waals surface area (Å²) in [6.07, 6.45) is 1.43. The van der Waals surface area contributed by atoms with Gasteiger partial charge >= 0.3 is 5.97 Å². The molecule has 0 bridgehead atoms. The predicted molar refractivity (Wildman–Crippen MR) is 86.5 cm³/mol. The van der Waals surface area contributed by atoms with Crippen molar-refractivity contribution in [2.24, 2.45) is 0 Å². The number of carbonyl (C=O) groups is 1. The maximum absolute atomic E-state index is 11.6. The van der Waals surface area contributed by atoms with Crippen LogP contribution >= 0.6 is 0 Å². The van der Waals surface area contributed by atoms with E-state index in [0.29, 0.717) is 6.42 Å². The van der Waals surface area contributed by atoms with Gasteiger partial charge in [-0.3, -0.25) is 4.79 Å². The van der Waals surface area contributed by atoms with Crippen LogP contribution in [0.1, 0.15) is 12.0 Å². The standard InChI is InChI=1S/C17H18O4S/c1-22(20,21)16(17(18)19)12-11-14-9-5-6-10-15(14)13-7-3-2-4-8-13/h2-10,16H,11-12H2,1H3,(H,18,19). The van der Waals surface area contributed by atoms with E-state index in [9.17, 15) is 13.2 Å². The van der Waals surface area contributed by atoms with Crippen LogP contribution in [0.3, 0.4) is 0 Å². The van der Waals surface area contributed by atoms with E-state index in [1.165, 1.54) is 0 Å². The van der Waals surface area contributed by atoms with Gasteiger partial charge in [0.2, 0.25) is 0 Å². The zero-order valence-electron chi connectivity index (χ0n) is 12.3. The number of benzene rings is 2. The van der Waals surface area contributed by atoms with Crippen molar-refractivity contribution in [3.63, 3.8) is 0 Å². The van der Waals surface area contributed by atoms with E-state index in [2.05, 4.69) is 0 Å². The number of aryl methyl sites for hydroxylation is 1. The summed E-state index contributed by atoms with van der Waals surface area (Å²) in [6.45, 7) is 0. The van der Waals surface area contributed by atoms with Gasteiger partial charge in [-0.2, -0.15) is 0 Å². The van der Waals surface area contributed by atoms with Gasteiger partial charge in [-0.15, -0.1) is 0 Å². The lowest BCUT2D eigenvalue weighted by Gasteiger charge is -2.13. The van der Waals surface area contributed by atoms with Crippen LogP contribution < -0.4 is 0 Å². The number of rotatable bonds is 6. The molecule has 22 heavy (non-hydrogen) atoms. The fraction of sp³-hybridized carbons (Fsp3) is 0.235. The van der Waals surface area contributed by atoms with E-state index in [0.717, 1.165) is 22.9 Å². The molecule has 0 spiro atoms. The number of carboxylic acid groups (broad SMARTS) is 1. The van der Waals surface area contributed by atoms with Gasteiger partial charge in [0.25, 0.3) is 0 Å². The van der Waals surface area contributed by atoms with E-state index in [1.54, 1.807) is 0 Å². The Bertz CT molecular complexity index is 751. The van der Waals surface area contributed by atoms with E-state index in [1.807, 2.05) is 54.6 Å². The largest absolute Gasteiger partial charge is 0.480 e. The van der Waals surface area contributed by atoms with Gasteiger partial charge in [0.15, 0.2) is 15.1 Å². The first-order valence-corrected chi connectivity index (χ1v) is 8.90. The average molecular weight is 318 g/mol. The Morgan fingerprint density at radius 2 is 1.64 bits per heavy atom. The van der Waals surface area contributed by atoms with Crippen LogP contribution in [0, 0.1) is 0 Å². The number of carboxylic acids is 1. The first kappa shape index (κ1) is 16.2. The molecular formula is C17H18O4S. The number of aliphatic carboxylic acids is 1.